The van der Waals surface area contributed by atoms with Gasteiger partial charge in [0, 0.05) is 26.1 Å². The Labute approximate surface area is 174 Å². The van der Waals surface area contributed by atoms with Crippen molar-refractivity contribution in [2.45, 2.75) is 49.8 Å². The Morgan fingerprint density at radius 1 is 1.00 bits per heavy atom. The van der Waals surface area contributed by atoms with E-state index in [2.05, 4.69) is 24.4 Å². The first-order valence-electron chi connectivity index (χ1n) is 10.4. The molecule has 1 amide bonds. The van der Waals surface area contributed by atoms with E-state index in [0.29, 0.717) is 37.4 Å². The van der Waals surface area contributed by atoms with Gasteiger partial charge in [0.25, 0.3) is 0 Å². The van der Waals surface area contributed by atoms with Crippen LogP contribution in [0.4, 0.5) is 0 Å². The predicted octanol–water partition coefficient (Wildman–Crippen LogP) is 3.71. The van der Waals surface area contributed by atoms with Gasteiger partial charge in [0.05, 0.1) is 4.90 Å². The monoisotopic (exact) mass is 414 g/mol. The minimum absolute atomic E-state index is 0.0118. The van der Waals surface area contributed by atoms with Gasteiger partial charge >= 0.3 is 0 Å². The number of aryl methyl sites for hydroxylation is 1. The van der Waals surface area contributed by atoms with Gasteiger partial charge in [0.2, 0.25) is 15.9 Å². The SMILES string of the molecule is C[C@@H](CNC(=O)CCc1ccc(S(=O)(=O)N2CCCCC2)cc1)c1ccccc1. The van der Waals surface area contributed by atoms with E-state index in [-0.39, 0.29) is 11.8 Å². The molecule has 0 bridgehead atoms. The Morgan fingerprint density at radius 3 is 2.31 bits per heavy atom. The van der Waals surface area contributed by atoms with E-state index < -0.39 is 10.0 Å². The second-order valence-electron chi connectivity index (χ2n) is 7.72. The second-order valence-corrected chi connectivity index (χ2v) is 9.66. The molecule has 1 aliphatic rings. The average molecular weight is 415 g/mol. The Hall–Kier alpha value is -2.18. The lowest BCUT2D eigenvalue weighted by atomic mass is 10.0. The van der Waals surface area contributed by atoms with E-state index in [1.165, 1.54) is 5.56 Å². The van der Waals surface area contributed by atoms with Crippen LogP contribution in [0.2, 0.25) is 0 Å². The van der Waals surface area contributed by atoms with Gasteiger partial charge in [-0.25, -0.2) is 8.42 Å². The fraction of sp³-hybridized carbons (Fsp3) is 0.435. The lowest BCUT2D eigenvalue weighted by molar-refractivity contribution is -0.121. The maximum absolute atomic E-state index is 12.7. The number of carbonyl (C=O) groups excluding carboxylic acids is 1. The van der Waals surface area contributed by atoms with Gasteiger partial charge in [-0.15, -0.1) is 0 Å². The zero-order valence-corrected chi connectivity index (χ0v) is 17.8. The summed E-state index contributed by atoms with van der Waals surface area (Å²) in [5.74, 6) is 0.275. The lowest BCUT2D eigenvalue weighted by Gasteiger charge is -2.25. The van der Waals surface area contributed by atoms with Crippen LogP contribution in [-0.4, -0.2) is 38.3 Å². The Balaban J connectivity index is 1.48. The molecular weight excluding hydrogens is 384 g/mol. The number of nitrogens with one attached hydrogen (secondary N) is 1. The molecule has 0 aromatic heterocycles. The number of sulfonamides is 1. The zero-order valence-electron chi connectivity index (χ0n) is 17.0. The summed E-state index contributed by atoms with van der Waals surface area (Å²) in [6.07, 6.45) is 3.93. The summed E-state index contributed by atoms with van der Waals surface area (Å²) in [7, 11) is -3.40. The number of amides is 1. The Morgan fingerprint density at radius 2 is 1.66 bits per heavy atom. The van der Waals surface area contributed by atoms with Gasteiger partial charge in [-0.3, -0.25) is 4.79 Å². The Bertz CT molecular complexity index is 889. The molecule has 3 rings (SSSR count). The van der Waals surface area contributed by atoms with Crippen LogP contribution in [0.3, 0.4) is 0 Å². The maximum atomic E-state index is 12.7. The summed E-state index contributed by atoms with van der Waals surface area (Å²) < 4.78 is 27.0. The van der Waals surface area contributed by atoms with Crippen LogP contribution < -0.4 is 5.32 Å². The van der Waals surface area contributed by atoms with Gasteiger partial charge in [0.15, 0.2) is 0 Å². The quantitative estimate of drug-likeness (QED) is 0.716. The van der Waals surface area contributed by atoms with Crippen molar-refractivity contribution >= 4 is 15.9 Å². The van der Waals surface area contributed by atoms with Crippen molar-refractivity contribution in [3.8, 4) is 0 Å². The van der Waals surface area contributed by atoms with E-state index in [4.69, 9.17) is 0 Å². The van der Waals surface area contributed by atoms with Crippen LogP contribution in [0.5, 0.6) is 0 Å². The highest BCUT2D eigenvalue weighted by molar-refractivity contribution is 7.89. The lowest BCUT2D eigenvalue weighted by Crippen LogP contribution is -2.35. The van der Waals surface area contributed by atoms with E-state index in [0.717, 1.165) is 24.8 Å². The largest absolute Gasteiger partial charge is 0.355 e. The summed E-state index contributed by atoms with van der Waals surface area (Å²) in [5, 5.41) is 2.99. The fourth-order valence-corrected chi connectivity index (χ4v) is 5.11. The number of carbonyl (C=O) groups is 1. The van der Waals surface area contributed by atoms with E-state index in [9.17, 15) is 13.2 Å². The minimum atomic E-state index is -3.40. The molecule has 5 nitrogen and oxygen atoms in total. The first-order chi connectivity index (χ1) is 14.0. The third-order valence-electron chi connectivity index (χ3n) is 5.49. The molecule has 1 N–H and O–H groups in total. The molecular formula is C23H30N2O3S. The fourth-order valence-electron chi connectivity index (χ4n) is 3.60. The normalized spacial score (nSPS) is 16.3. The van der Waals surface area contributed by atoms with Gasteiger partial charge in [0.1, 0.15) is 0 Å². The summed E-state index contributed by atoms with van der Waals surface area (Å²) in [6.45, 7) is 3.91. The van der Waals surface area contributed by atoms with Gasteiger partial charge in [-0.1, -0.05) is 55.8 Å². The maximum Gasteiger partial charge on any atom is 0.243 e. The molecule has 6 heteroatoms. The van der Waals surface area contributed by atoms with E-state index in [1.54, 1.807) is 16.4 Å². The van der Waals surface area contributed by atoms with Crippen molar-refractivity contribution in [2.75, 3.05) is 19.6 Å². The molecule has 2 aromatic carbocycles. The van der Waals surface area contributed by atoms with Crippen LogP contribution >= 0.6 is 0 Å². The summed E-state index contributed by atoms with van der Waals surface area (Å²) in [5.41, 5.74) is 2.17. The third kappa shape index (κ3) is 5.90. The molecule has 0 unspecified atom stereocenters. The molecule has 1 saturated heterocycles. The first kappa shape index (κ1) is 21.5. The number of benzene rings is 2. The van der Waals surface area contributed by atoms with Crippen molar-refractivity contribution in [2.24, 2.45) is 0 Å². The number of nitrogens with zero attached hydrogens (tertiary/aromatic N) is 1. The second kappa shape index (κ2) is 10.0. The number of hydrogen-bond donors (Lipinski definition) is 1. The van der Waals surface area contributed by atoms with Crippen molar-refractivity contribution in [3.63, 3.8) is 0 Å². The van der Waals surface area contributed by atoms with E-state index >= 15 is 0 Å². The molecule has 0 spiro atoms. The van der Waals surface area contributed by atoms with Crippen LogP contribution in [-0.2, 0) is 21.2 Å². The summed E-state index contributed by atoms with van der Waals surface area (Å²) in [6, 6.07) is 17.1. The highest BCUT2D eigenvalue weighted by atomic mass is 32.2. The van der Waals surface area contributed by atoms with Gasteiger partial charge in [-0.2, -0.15) is 4.31 Å². The van der Waals surface area contributed by atoms with Crippen molar-refractivity contribution in [1.82, 2.24) is 9.62 Å². The molecule has 1 fully saturated rings. The van der Waals surface area contributed by atoms with Gasteiger partial charge < -0.3 is 5.32 Å². The molecule has 0 aliphatic carbocycles. The van der Waals surface area contributed by atoms with Crippen molar-refractivity contribution < 1.29 is 13.2 Å². The molecule has 156 valence electrons. The molecule has 0 saturated carbocycles. The average Bonchev–Trinajstić information content (AvgIpc) is 2.77. The number of piperidine rings is 1. The predicted molar refractivity (Wildman–Crippen MR) is 115 cm³/mol. The highest BCUT2D eigenvalue weighted by Crippen LogP contribution is 2.21. The topological polar surface area (TPSA) is 66.5 Å². The molecule has 1 heterocycles. The molecule has 0 radical (unpaired) electrons. The molecule has 29 heavy (non-hydrogen) atoms. The number of hydrogen-bond acceptors (Lipinski definition) is 3. The summed E-state index contributed by atoms with van der Waals surface area (Å²) in [4.78, 5) is 12.5. The zero-order chi connectivity index (χ0) is 20.7. The molecule has 2 aromatic rings. The van der Waals surface area contributed by atoms with Crippen molar-refractivity contribution in [3.05, 3.63) is 65.7 Å². The van der Waals surface area contributed by atoms with Crippen LogP contribution in [0.15, 0.2) is 59.5 Å². The summed E-state index contributed by atoms with van der Waals surface area (Å²) >= 11 is 0. The number of rotatable bonds is 8. The van der Waals surface area contributed by atoms with Gasteiger partial charge in [-0.05, 0) is 48.4 Å². The van der Waals surface area contributed by atoms with Crippen LogP contribution in [0.25, 0.3) is 0 Å². The molecule has 1 aliphatic heterocycles. The van der Waals surface area contributed by atoms with Crippen LogP contribution in [0, 0.1) is 0 Å². The van der Waals surface area contributed by atoms with Crippen molar-refractivity contribution in [1.29, 1.82) is 0 Å². The van der Waals surface area contributed by atoms with Crippen LogP contribution in [0.1, 0.15) is 49.7 Å². The minimum Gasteiger partial charge on any atom is -0.355 e. The smallest absolute Gasteiger partial charge is 0.243 e. The highest BCUT2D eigenvalue weighted by Gasteiger charge is 2.25. The molecule has 1 atom stereocenters. The Kier molecular flexibility index (Phi) is 7.45. The standard InChI is InChI=1S/C23H30N2O3S/c1-19(21-8-4-2-5-9-21)18-24-23(26)15-12-20-10-13-22(14-11-20)29(27,28)25-16-6-3-7-17-25/h2,4-5,8-11,13-14,19H,3,6-7,12,15-18H2,1H3,(H,24,26)/t19-/m0/s1. The third-order valence-corrected chi connectivity index (χ3v) is 7.40. The first-order valence-corrected chi connectivity index (χ1v) is 11.8. The van der Waals surface area contributed by atoms with E-state index in [1.807, 2.05) is 30.3 Å².